The third kappa shape index (κ3) is 1.24. The summed E-state index contributed by atoms with van der Waals surface area (Å²) in [5, 5.41) is 13.8. The Bertz CT molecular complexity index is 308. The van der Waals surface area contributed by atoms with Gasteiger partial charge in [-0.2, -0.15) is 10.4 Å². The average molecular weight is 167 g/mol. The van der Waals surface area contributed by atoms with Crippen LogP contribution in [0.2, 0.25) is 0 Å². The topological polar surface area (TPSA) is 41.6 Å². The van der Waals surface area contributed by atoms with Crippen LogP contribution >= 0.6 is 11.8 Å². The molecule has 0 N–H and O–H groups in total. The molecular formula is C7H9N3S. The number of aryl methyl sites for hydroxylation is 2. The fraction of sp³-hybridized carbons (Fsp3) is 0.429. The molecule has 4 heteroatoms. The standard InChI is InChI=1S/C7H9N3S/c1-5-6(4-8)7(11-3)10(2)9-5/h1-3H3. The normalized spacial score (nSPS) is 9.64. The van der Waals surface area contributed by atoms with Crippen molar-refractivity contribution in [2.75, 3.05) is 6.26 Å². The van der Waals surface area contributed by atoms with Gasteiger partial charge in [-0.05, 0) is 13.2 Å². The number of rotatable bonds is 1. The minimum atomic E-state index is 0.694. The van der Waals surface area contributed by atoms with E-state index in [-0.39, 0.29) is 0 Å². The number of thioether (sulfide) groups is 1. The SMILES string of the molecule is CSc1c(C#N)c(C)nn1C. The van der Waals surface area contributed by atoms with Crippen LogP contribution in [0.25, 0.3) is 0 Å². The largest absolute Gasteiger partial charge is 0.260 e. The highest BCUT2D eigenvalue weighted by molar-refractivity contribution is 7.98. The molecular weight excluding hydrogens is 158 g/mol. The molecule has 3 nitrogen and oxygen atoms in total. The van der Waals surface area contributed by atoms with E-state index < -0.39 is 0 Å². The van der Waals surface area contributed by atoms with Crippen LogP contribution in [-0.2, 0) is 7.05 Å². The third-order valence-electron chi connectivity index (χ3n) is 1.47. The van der Waals surface area contributed by atoms with Crippen molar-refractivity contribution in [1.29, 1.82) is 5.26 Å². The predicted molar refractivity (Wildman–Crippen MR) is 44.4 cm³/mol. The Kier molecular flexibility index (Phi) is 2.20. The zero-order valence-electron chi connectivity index (χ0n) is 6.75. The van der Waals surface area contributed by atoms with Crippen LogP contribution in [0.1, 0.15) is 11.3 Å². The zero-order chi connectivity index (χ0) is 8.43. The Morgan fingerprint density at radius 3 is 2.64 bits per heavy atom. The number of nitriles is 1. The highest BCUT2D eigenvalue weighted by atomic mass is 32.2. The summed E-state index contributed by atoms with van der Waals surface area (Å²) in [6.45, 7) is 1.85. The number of hydrogen-bond acceptors (Lipinski definition) is 3. The first-order valence-electron chi connectivity index (χ1n) is 3.18. The Morgan fingerprint density at radius 2 is 2.27 bits per heavy atom. The van der Waals surface area contributed by atoms with E-state index in [1.807, 2.05) is 20.2 Å². The fourth-order valence-electron chi connectivity index (χ4n) is 1.000. The predicted octanol–water partition coefficient (Wildman–Crippen LogP) is 1.32. The van der Waals surface area contributed by atoms with E-state index in [1.165, 1.54) is 0 Å². The molecule has 0 unspecified atom stereocenters. The maximum Gasteiger partial charge on any atom is 0.111 e. The lowest BCUT2D eigenvalue weighted by atomic mass is 10.3. The Labute approximate surface area is 70.0 Å². The van der Waals surface area contributed by atoms with Gasteiger partial charge in [0.05, 0.1) is 5.69 Å². The minimum Gasteiger partial charge on any atom is -0.260 e. The number of aromatic nitrogens is 2. The molecule has 1 rings (SSSR count). The summed E-state index contributed by atoms with van der Waals surface area (Å²) in [5.74, 6) is 0. The van der Waals surface area contributed by atoms with Crippen LogP contribution in [0, 0.1) is 18.3 Å². The molecule has 0 aliphatic carbocycles. The van der Waals surface area contributed by atoms with Gasteiger partial charge < -0.3 is 0 Å². The fourth-order valence-corrected chi connectivity index (χ4v) is 1.70. The maximum atomic E-state index is 8.73. The van der Waals surface area contributed by atoms with Gasteiger partial charge in [0.1, 0.15) is 16.7 Å². The number of hydrogen-bond donors (Lipinski definition) is 0. The second-order valence-electron chi connectivity index (χ2n) is 2.21. The maximum absolute atomic E-state index is 8.73. The van der Waals surface area contributed by atoms with Crippen molar-refractivity contribution in [3.63, 3.8) is 0 Å². The monoisotopic (exact) mass is 167 g/mol. The summed E-state index contributed by atoms with van der Waals surface area (Å²) in [6, 6.07) is 2.13. The van der Waals surface area contributed by atoms with Crippen LogP contribution in [0.3, 0.4) is 0 Å². The van der Waals surface area contributed by atoms with E-state index in [9.17, 15) is 0 Å². The van der Waals surface area contributed by atoms with Crippen molar-refractivity contribution < 1.29 is 0 Å². The van der Waals surface area contributed by atoms with Gasteiger partial charge in [-0.25, -0.2) is 0 Å². The summed E-state index contributed by atoms with van der Waals surface area (Å²) in [5.41, 5.74) is 1.50. The average Bonchev–Trinajstić information content (AvgIpc) is 2.24. The molecule has 0 radical (unpaired) electrons. The summed E-state index contributed by atoms with van der Waals surface area (Å²) in [4.78, 5) is 0. The molecule has 11 heavy (non-hydrogen) atoms. The lowest BCUT2D eigenvalue weighted by Crippen LogP contribution is -1.91. The van der Waals surface area contributed by atoms with Crippen LogP contribution in [0.4, 0.5) is 0 Å². The molecule has 0 bridgehead atoms. The van der Waals surface area contributed by atoms with E-state index in [2.05, 4.69) is 11.2 Å². The lowest BCUT2D eigenvalue weighted by molar-refractivity contribution is 0.692. The Balaban J connectivity index is 3.31. The Morgan fingerprint density at radius 1 is 1.64 bits per heavy atom. The van der Waals surface area contributed by atoms with Gasteiger partial charge in [0, 0.05) is 7.05 Å². The lowest BCUT2D eigenvalue weighted by Gasteiger charge is -1.94. The van der Waals surface area contributed by atoms with E-state index in [4.69, 9.17) is 5.26 Å². The second-order valence-corrected chi connectivity index (χ2v) is 3.00. The molecule has 1 aromatic rings. The molecule has 0 aliphatic heterocycles. The summed E-state index contributed by atoms with van der Waals surface area (Å²) >= 11 is 1.55. The molecule has 0 fully saturated rings. The summed E-state index contributed by atoms with van der Waals surface area (Å²) in [7, 11) is 1.85. The quantitative estimate of drug-likeness (QED) is 0.592. The minimum absolute atomic E-state index is 0.694. The molecule has 0 aliphatic rings. The van der Waals surface area contributed by atoms with Crippen molar-refractivity contribution in [3.05, 3.63) is 11.3 Å². The van der Waals surface area contributed by atoms with Gasteiger partial charge in [-0.1, -0.05) is 0 Å². The van der Waals surface area contributed by atoms with E-state index in [0.717, 1.165) is 10.7 Å². The van der Waals surface area contributed by atoms with Gasteiger partial charge in [0.25, 0.3) is 0 Å². The van der Waals surface area contributed by atoms with Crippen LogP contribution < -0.4 is 0 Å². The molecule has 0 saturated heterocycles. The molecule has 1 heterocycles. The third-order valence-corrected chi connectivity index (χ3v) is 2.33. The van der Waals surface area contributed by atoms with E-state index in [1.54, 1.807) is 16.4 Å². The molecule has 0 saturated carbocycles. The molecule has 0 aromatic carbocycles. The van der Waals surface area contributed by atoms with Crippen molar-refractivity contribution in [2.24, 2.45) is 7.05 Å². The zero-order valence-corrected chi connectivity index (χ0v) is 7.57. The molecule has 0 atom stereocenters. The molecule has 1 aromatic heterocycles. The van der Waals surface area contributed by atoms with Gasteiger partial charge in [0.2, 0.25) is 0 Å². The van der Waals surface area contributed by atoms with E-state index in [0.29, 0.717) is 5.56 Å². The van der Waals surface area contributed by atoms with Crippen molar-refractivity contribution in [3.8, 4) is 6.07 Å². The van der Waals surface area contributed by atoms with Crippen molar-refractivity contribution >= 4 is 11.8 Å². The first kappa shape index (κ1) is 8.15. The van der Waals surface area contributed by atoms with Gasteiger partial charge in [0.15, 0.2) is 0 Å². The molecule has 58 valence electrons. The van der Waals surface area contributed by atoms with Crippen molar-refractivity contribution in [2.45, 2.75) is 11.9 Å². The van der Waals surface area contributed by atoms with Gasteiger partial charge >= 0.3 is 0 Å². The Hall–Kier alpha value is -0.950. The molecule has 0 spiro atoms. The molecule has 0 amide bonds. The smallest absolute Gasteiger partial charge is 0.111 e. The number of nitrogens with zero attached hydrogens (tertiary/aromatic N) is 3. The van der Waals surface area contributed by atoms with Crippen LogP contribution in [0.5, 0.6) is 0 Å². The second kappa shape index (κ2) is 2.97. The first-order valence-corrected chi connectivity index (χ1v) is 4.41. The highest BCUT2D eigenvalue weighted by Gasteiger charge is 2.10. The summed E-state index contributed by atoms with van der Waals surface area (Å²) < 4.78 is 1.73. The highest BCUT2D eigenvalue weighted by Crippen LogP contribution is 2.20. The summed E-state index contributed by atoms with van der Waals surface area (Å²) in [6.07, 6.45) is 1.94. The van der Waals surface area contributed by atoms with E-state index >= 15 is 0 Å². The van der Waals surface area contributed by atoms with Crippen LogP contribution in [0.15, 0.2) is 5.03 Å². The van der Waals surface area contributed by atoms with Crippen molar-refractivity contribution in [1.82, 2.24) is 9.78 Å². The van der Waals surface area contributed by atoms with Gasteiger partial charge in [-0.15, -0.1) is 11.8 Å². The van der Waals surface area contributed by atoms with Crippen LogP contribution in [-0.4, -0.2) is 16.0 Å². The first-order chi connectivity index (χ1) is 5.20. The van der Waals surface area contributed by atoms with Gasteiger partial charge in [-0.3, -0.25) is 4.68 Å².